The van der Waals surface area contributed by atoms with E-state index in [1.54, 1.807) is 12.4 Å². The fourth-order valence-corrected chi connectivity index (χ4v) is 4.35. The minimum absolute atomic E-state index is 0.280. The first-order chi connectivity index (χ1) is 12.7. The van der Waals surface area contributed by atoms with Gasteiger partial charge in [-0.25, -0.2) is 4.79 Å². The number of hydrogen-bond acceptors (Lipinski definition) is 6. The third-order valence-electron chi connectivity index (χ3n) is 4.45. The number of thiophene rings is 1. The molecule has 0 spiro atoms. The van der Waals surface area contributed by atoms with Gasteiger partial charge < -0.3 is 9.47 Å². The Kier molecular flexibility index (Phi) is 4.46. The van der Waals surface area contributed by atoms with Crippen LogP contribution < -0.4 is 4.74 Å². The van der Waals surface area contributed by atoms with Crippen molar-refractivity contribution in [3.05, 3.63) is 52.3 Å². The van der Waals surface area contributed by atoms with Crippen LogP contribution in [-0.2, 0) is 31.2 Å². The van der Waals surface area contributed by atoms with E-state index in [0.29, 0.717) is 18.1 Å². The van der Waals surface area contributed by atoms with Crippen LogP contribution in [0.1, 0.15) is 33.3 Å². The van der Waals surface area contributed by atoms with Crippen LogP contribution in [0, 0.1) is 0 Å². The zero-order valence-electron chi connectivity index (χ0n) is 14.7. The lowest BCUT2D eigenvalue weighted by Crippen LogP contribution is -2.10. The van der Waals surface area contributed by atoms with E-state index in [4.69, 9.17) is 9.47 Å². The normalized spacial score (nSPS) is 12.4. The van der Waals surface area contributed by atoms with Crippen molar-refractivity contribution < 1.29 is 14.3 Å². The molecule has 0 fully saturated rings. The molecule has 1 aliphatic rings. The van der Waals surface area contributed by atoms with Crippen LogP contribution >= 0.6 is 11.3 Å². The van der Waals surface area contributed by atoms with Crippen LogP contribution in [0.15, 0.2) is 30.7 Å². The SMILES string of the molecule is CCOC(=O)c1sc(OCc2ccncc2)c2c1CCc1cnn(C)c1-2. The summed E-state index contributed by atoms with van der Waals surface area (Å²) in [6.07, 6.45) is 7.03. The Morgan fingerprint density at radius 1 is 1.31 bits per heavy atom. The second kappa shape index (κ2) is 6.92. The summed E-state index contributed by atoms with van der Waals surface area (Å²) in [6.45, 7) is 2.60. The van der Waals surface area contributed by atoms with Gasteiger partial charge in [0.2, 0.25) is 0 Å². The molecule has 26 heavy (non-hydrogen) atoms. The molecule has 0 radical (unpaired) electrons. The third-order valence-corrected chi connectivity index (χ3v) is 5.58. The standard InChI is InChI=1S/C19H19N3O3S/c1-3-24-18(23)17-14-5-4-13-10-21-22(2)16(13)15(14)19(26-17)25-11-12-6-8-20-9-7-12/h6-10H,3-5,11H2,1-2H3. The van der Waals surface area contributed by atoms with Gasteiger partial charge in [0.1, 0.15) is 11.5 Å². The highest BCUT2D eigenvalue weighted by molar-refractivity contribution is 7.16. The van der Waals surface area contributed by atoms with Crippen molar-refractivity contribution in [1.29, 1.82) is 0 Å². The molecule has 0 unspecified atom stereocenters. The van der Waals surface area contributed by atoms with Crippen LogP contribution in [0.4, 0.5) is 0 Å². The van der Waals surface area contributed by atoms with Gasteiger partial charge in [-0.15, -0.1) is 0 Å². The molecule has 0 aliphatic heterocycles. The molecular formula is C19H19N3O3S. The van der Waals surface area contributed by atoms with Gasteiger partial charge in [0, 0.05) is 19.4 Å². The molecule has 6 nitrogen and oxygen atoms in total. The van der Waals surface area contributed by atoms with Gasteiger partial charge in [0.15, 0.2) is 5.06 Å². The molecule has 3 aromatic heterocycles. The molecular weight excluding hydrogens is 350 g/mol. The Morgan fingerprint density at radius 3 is 2.88 bits per heavy atom. The van der Waals surface area contributed by atoms with E-state index in [2.05, 4.69) is 10.1 Å². The molecule has 0 atom stereocenters. The molecule has 7 heteroatoms. The van der Waals surface area contributed by atoms with E-state index in [-0.39, 0.29) is 5.97 Å². The topological polar surface area (TPSA) is 66.2 Å². The van der Waals surface area contributed by atoms with E-state index in [0.717, 1.165) is 40.3 Å². The summed E-state index contributed by atoms with van der Waals surface area (Å²) >= 11 is 1.36. The first-order valence-electron chi connectivity index (χ1n) is 8.54. The summed E-state index contributed by atoms with van der Waals surface area (Å²) in [5.41, 5.74) is 5.23. The molecule has 0 saturated heterocycles. The number of aryl methyl sites for hydroxylation is 2. The second-order valence-corrected chi connectivity index (χ2v) is 7.06. The Bertz CT molecular complexity index is 947. The van der Waals surface area contributed by atoms with Crippen LogP contribution in [0.5, 0.6) is 5.06 Å². The molecule has 4 rings (SSSR count). The van der Waals surface area contributed by atoms with Gasteiger partial charge in [-0.1, -0.05) is 11.3 Å². The molecule has 0 amide bonds. The summed E-state index contributed by atoms with van der Waals surface area (Å²) < 4.78 is 13.2. The molecule has 1 aliphatic carbocycles. The maximum atomic E-state index is 12.4. The van der Waals surface area contributed by atoms with Crippen LogP contribution in [0.25, 0.3) is 11.3 Å². The third kappa shape index (κ3) is 2.88. The van der Waals surface area contributed by atoms with Gasteiger partial charge in [-0.2, -0.15) is 5.10 Å². The highest BCUT2D eigenvalue weighted by Crippen LogP contribution is 2.47. The molecule has 0 bridgehead atoms. The van der Waals surface area contributed by atoms with Gasteiger partial charge >= 0.3 is 5.97 Å². The number of esters is 1. The van der Waals surface area contributed by atoms with Crippen molar-refractivity contribution in [3.63, 3.8) is 0 Å². The lowest BCUT2D eigenvalue weighted by atomic mass is 9.91. The van der Waals surface area contributed by atoms with Crippen LogP contribution in [0.3, 0.4) is 0 Å². The average molecular weight is 369 g/mol. The summed E-state index contributed by atoms with van der Waals surface area (Å²) in [5.74, 6) is -0.280. The fraction of sp³-hybridized carbons (Fsp3) is 0.316. The Morgan fingerprint density at radius 2 is 2.12 bits per heavy atom. The van der Waals surface area contributed by atoms with E-state index in [1.807, 2.05) is 37.0 Å². The molecule has 0 N–H and O–H groups in total. The molecule has 3 heterocycles. The first-order valence-corrected chi connectivity index (χ1v) is 9.36. The van der Waals surface area contributed by atoms with Crippen molar-refractivity contribution in [2.75, 3.05) is 6.61 Å². The van der Waals surface area contributed by atoms with Crippen LogP contribution in [-0.4, -0.2) is 27.3 Å². The van der Waals surface area contributed by atoms with Crippen molar-refractivity contribution in [3.8, 4) is 16.3 Å². The summed E-state index contributed by atoms with van der Waals surface area (Å²) in [5, 5.41) is 5.13. The predicted molar refractivity (Wildman–Crippen MR) is 98.5 cm³/mol. The number of carbonyl (C=O) groups excluding carboxylic acids is 1. The number of ether oxygens (including phenoxy) is 2. The number of carbonyl (C=O) groups is 1. The first kappa shape index (κ1) is 16.8. The highest BCUT2D eigenvalue weighted by Gasteiger charge is 2.31. The van der Waals surface area contributed by atoms with Gasteiger partial charge in [-0.3, -0.25) is 9.67 Å². The minimum Gasteiger partial charge on any atom is -0.479 e. The summed E-state index contributed by atoms with van der Waals surface area (Å²) in [7, 11) is 1.92. The van der Waals surface area contributed by atoms with E-state index < -0.39 is 0 Å². The number of pyridine rings is 1. The van der Waals surface area contributed by atoms with Gasteiger partial charge in [0.05, 0.1) is 24.1 Å². The van der Waals surface area contributed by atoms with Crippen molar-refractivity contribution >= 4 is 17.3 Å². The smallest absolute Gasteiger partial charge is 0.348 e. The molecule has 0 saturated carbocycles. The van der Waals surface area contributed by atoms with Crippen molar-refractivity contribution in [2.24, 2.45) is 7.05 Å². The minimum atomic E-state index is -0.280. The monoisotopic (exact) mass is 369 g/mol. The molecule has 0 aromatic carbocycles. The van der Waals surface area contributed by atoms with E-state index in [9.17, 15) is 4.79 Å². The Hall–Kier alpha value is -2.67. The maximum Gasteiger partial charge on any atom is 0.348 e. The number of aromatic nitrogens is 3. The predicted octanol–water partition coefficient (Wildman–Crippen LogP) is 3.40. The summed E-state index contributed by atoms with van der Waals surface area (Å²) in [4.78, 5) is 17.1. The fourth-order valence-electron chi connectivity index (χ4n) is 3.26. The van der Waals surface area contributed by atoms with Crippen molar-refractivity contribution in [1.82, 2.24) is 14.8 Å². The zero-order chi connectivity index (χ0) is 18.1. The van der Waals surface area contributed by atoms with E-state index >= 15 is 0 Å². The second-order valence-electron chi connectivity index (χ2n) is 6.08. The quantitative estimate of drug-likeness (QED) is 0.645. The molecule has 134 valence electrons. The summed E-state index contributed by atoms with van der Waals surface area (Å²) in [6, 6.07) is 3.84. The number of hydrogen-bond donors (Lipinski definition) is 0. The lowest BCUT2D eigenvalue weighted by Gasteiger charge is -2.16. The Labute approximate surface area is 155 Å². The number of fused-ring (bicyclic) bond motifs is 3. The number of rotatable bonds is 5. The molecule has 3 aromatic rings. The van der Waals surface area contributed by atoms with Gasteiger partial charge in [-0.05, 0) is 48.6 Å². The largest absolute Gasteiger partial charge is 0.479 e. The highest BCUT2D eigenvalue weighted by atomic mass is 32.1. The lowest BCUT2D eigenvalue weighted by molar-refractivity contribution is 0.0531. The zero-order valence-corrected chi connectivity index (χ0v) is 15.5. The van der Waals surface area contributed by atoms with Crippen LogP contribution in [0.2, 0.25) is 0 Å². The van der Waals surface area contributed by atoms with Gasteiger partial charge in [0.25, 0.3) is 0 Å². The Balaban J connectivity index is 1.76. The average Bonchev–Trinajstić information content (AvgIpc) is 3.22. The van der Waals surface area contributed by atoms with Crippen molar-refractivity contribution in [2.45, 2.75) is 26.4 Å². The maximum absolute atomic E-state index is 12.4. The number of nitrogens with zero attached hydrogens (tertiary/aromatic N) is 3. The van der Waals surface area contributed by atoms with E-state index in [1.165, 1.54) is 16.9 Å².